The quantitative estimate of drug-likeness (QED) is 0.200. The van der Waals surface area contributed by atoms with Crippen molar-refractivity contribution in [1.29, 1.82) is 0 Å². The summed E-state index contributed by atoms with van der Waals surface area (Å²) in [4.78, 5) is 13.5. The average Bonchev–Trinajstić information content (AvgIpc) is 3.69. The summed E-state index contributed by atoms with van der Waals surface area (Å²) in [7, 11) is 0. The van der Waals surface area contributed by atoms with E-state index in [1.807, 2.05) is 0 Å². The molecule has 6 rings (SSSR count). The van der Waals surface area contributed by atoms with E-state index >= 15 is 0 Å². The van der Waals surface area contributed by atoms with Gasteiger partial charge in [0, 0.05) is 11.1 Å². The molecule has 15 heteroatoms. The van der Waals surface area contributed by atoms with Crippen molar-refractivity contribution in [2.75, 3.05) is 6.61 Å². The van der Waals surface area contributed by atoms with Crippen LogP contribution >= 0.6 is 0 Å². The summed E-state index contributed by atoms with van der Waals surface area (Å²) >= 11 is 0. The van der Waals surface area contributed by atoms with Gasteiger partial charge in [-0.1, -0.05) is 34.7 Å². The van der Waals surface area contributed by atoms with Crippen LogP contribution in [-0.4, -0.2) is 99.5 Å². The molecule has 1 aliphatic carbocycles. The molecule has 2 aliphatic rings. The Balaban J connectivity index is 1.20. The second-order valence-corrected chi connectivity index (χ2v) is 11.0. The zero-order valence-corrected chi connectivity index (χ0v) is 23.3. The second kappa shape index (κ2) is 12.5. The Morgan fingerprint density at radius 3 is 2.43 bits per heavy atom. The van der Waals surface area contributed by atoms with Crippen molar-refractivity contribution in [3.05, 3.63) is 72.6 Å². The third kappa shape index (κ3) is 5.71. The Morgan fingerprint density at radius 2 is 1.70 bits per heavy atom. The minimum atomic E-state index is -1.64. The maximum absolute atomic E-state index is 13.9. The topological polar surface area (TPSA) is 181 Å². The standard InChI is InChI=1S/C29H31F2N7O6/c30-17-6-1-4-15(10-17)20-13-37(36-34-20)24-26(41)23(14-39)44-28(27(24)42)29(43)33-19-8-3-9-21(25(19)40)38-22(12-32-35-38)16-5-2-7-18(31)11-16/h1-2,4-7,10-13,19,21,23-28,39-42H,3,8-9,14H2,(H,33,43)/t19-,21+,23-,24+,25+,26+,27-,28-/m1/s1. The lowest BCUT2D eigenvalue weighted by atomic mass is 9.87. The van der Waals surface area contributed by atoms with E-state index in [4.69, 9.17) is 4.74 Å². The molecule has 1 amide bonds. The Bertz CT molecular complexity index is 1620. The number of rotatable bonds is 7. The van der Waals surface area contributed by atoms with E-state index in [-0.39, 0.29) is 5.69 Å². The third-order valence-electron chi connectivity index (χ3n) is 8.25. The minimum Gasteiger partial charge on any atom is -0.394 e. The van der Waals surface area contributed by atoms with Crippen LogP contribution in [0.3, 0.4) is 0 Å². The smallest absolute Gasteiger partial charge is 0.252 e. The van der Waals surface area contributed by atoms with Crippen LogP contribution in [0.5, 0.6) is 0 Å². The summed E-state index contributed by atoms with van der Waals surface area (Å²) in [6, 6.07) is 8.94. The Morgan fingerprint density at radius 1 is 0.977 bits per heavy atom. The number of aliphatic hydroxyl groups excluding tert-OH is 4. The predicted molar refractivity (Wildman–Crippen MR) is 148 cm³/mol. The molecule has 5 N–H and O–H groups in total. The van der Waals surface area contributed by atoms with Crippen molar-refractivity contribution < 1.29 is 38.7 Å². The summed E-state index contributed by atoms with van der Waals surface area (Å²) in [5, 5.41) is 62.2. The van der Waals surface area contributed by atoms with E-state index in [9.17, 15) is 34.0 Å². The molecule has 0 spiro atoms. The summed E-state index contributed by atoms with van der Waals surface area (Å²) in [5.74, 6) is -1.69. The van der Waals surface area contributed by atoms with Crippen LogP contribution in [-0.2, 0) is 9.53 Å². The number of aliphatic hydroxyl groups is 4. The molecule has 0 radical (unpaired) electrons. The highest BCUT2D eigenvalue weighted by Gasteiger charge is 2.49. The van der Waals surface area contributed by atoms with E-state index in [0.717, 1.165) is 4.68 Å². The number of halogens is 2. The SMILES string of the molecule is O=C(N[C@@H]1CCC[C@H](n2nncc2-c2cccc(F)c2)[C@H]1O)[C@@H]1O[C@H](CO)[C@H](O)[C@H](n2cc(-c3cccc(F)c3)nn2)[C@H]1O. The molecule has 44 heavy (non-hydrogen) atoms. The largest absolute Gasteiger partial charge is 0.394 e. The van der Waals surface area contributed by atoms with Crippen LogP contribution < -0.4 is 5.32 Å². The van der Waals surface area contributed by atoms with Gasteiger partial charge in [-0.2, -0.15) is 0 Å². The van der Waals surface area contributed by atoms with Crippen LogP contribution in [0, 0.1) is 11.6 Å². The Hall–Kier alpha value is -4.15. The van der Waals surface area contributed by atoms with Gasteiger partial charge in [-0.15, -0.1) is 10.2 Å². The number of nitrogens with zero attached hydrogens (tertiary/aromatic N) is 6. The molecular formula is C29H31F2N7O6. The van der Waals surface area contributed by atoms with Gasteiger partial charge < -0.3 is 30.5 Å². The molecule has 0 unspecified atom stereocenters. The van der Waals surface area contributed by atoms with E-state index in [1.54, 1.807) is 18.2 Å². The molecular weight excluding hydrogens is 580 g/mol. The highest BCUT2D eigenvalue weighted by molar-refractivity contribution is 5.82. The average molecular weight is 612 g/mol. The molecule has 1 saturated carbocycles. The molecule has 8 atom stereocenters. The molecule has 1 aliphatic heterocycles. The Kier molecular flexibility index (Phi) is 8.46. The highest BCUT2D eigenvalue weighted by atomic mass is 19.1. The molecule has 2 fully saturated rings. The van der Waals surface area contributed by atoms with Crippen molar-refractivity contribution in [2.24, 2.45) is 0 Å². The highest BCUT2D eigenvalue weighted by Crippen LogP contribution is 2.34. The van der Waals surface area contributed by atoms with Crippen molar-refractivity contribution in [3.63, 3.8) is 0 Å². The van der Waals surface area contributed by atoms with E-state index in [1.165, 1.54) is 47.4 Å². The molecule has 3 heterocycles. The predicted octanol–water partition coefficient (Wildman–Crippen LogP) is 0.775. The van der Waals surface area contributed by atoms with Crippen LogP contribution in [0.4, 0.5) is 8.78 Å². The molecule has 1 saturated heterocycles. The van der Waals surface area contributed by atoms with Gasteiger partial charge in [0.15, 0.2) is 6.10 Å². The molecule has 232 valence electrons. The van der Waals surface area contributed by atoms with Gasteiger partial charge in [-0.25, -0.2) is 18.1 Å². The number of benzene rings is 2. The number of carbonyl (C=O) groups excluding carboxylic acids is 1. The fourth-order valence-corrected chi connectivity index (χ4v) is 6.02. The number of ether oxygens (including phenoxy) is 1. The maximum Gasteiger partial charge on any atom is 0.252 e. The van der Waals surface area contributed by atoms with Gasteiger partial charge in [0.2, 0.25) is 0 Å². The molecule has 2 aromatic carbocycles. The van der Waals surface area contributed by atoms with E-state index < -0.39 is 72.8 Å². The van der Waals surface area contributed by atoms with Crippen LogP contribution in [0.2, 0.25) is 0 Å². The van der Waals surface area contributed by atoms with Gasteiger partial charge in [0.25, 0.3) is 5.91 Å². The first-order chi connectivity index (χ1) is 21.2. The van der Waals surface area contributed by atoms with Crippen molar-refractivity contribution >= 4 is 5.91 Å². The van der Waals surface area contributed by atoms with Crippen LogP contribution in [0.1, 0.15) is 31.3 Å². The molecule has 13 nitrogen and oxygen atoms in total. The van der Waals surface area contributed by atoms with Gasteiger partial charge in [-0.3, -0.25) is 4.79 Å². The van der Waals surface area contributed by atoms with Crippen molar-refractivity contribution in [1.82, 2.24) is 35.3 Å². The van der Waals surface area contributed by atoms with Gasteiger partial charge in [-0.05, 0) is 43.5 Å². The number of aromatic nitrogens is 6. The first-order valence-corrected chi connectivity index (χ1v) is 14.2. The minimum absolute atomic E-state index is 0.263. The first kappa shape index (κ1) is 29.9. The second-order valence-electron chi connectivity index (χ2n) is 11.0. The Labute approximate surface area is 249 Å². The van der Waals surface area contributed by atoms with Gasteiger partial charge in [0.1, 0.15) is 41.7 Å². The summed E-state index contributed by atoms with van der Waals surface area (Å²) < 4.78 is 35.9. The summed E-state index contributed by atoms with van der Waals surface area (Å²) in [6.07, 6.45) is -2.65. The first-order valence-electron chi connectivity index (χ1n) is 14.2. The number of hydrogen-bond donors (Lipinski definition) is 5. The van der Waals surface area contributed by atoms with Crippen LogP contribution in [0.15, 0.2) is 60.9 Å². The zero-order valence-electron chi connectivity index (χ0n) is 23.3. The summed E-state index contributed by atoms with van der Waals surface area (Å²) in [5.41, 5.74) is 1.70. The molecule has 0 bridgehead atoms. The molecule has 2 aromatic heterocycles. The lowest BCUT2D eigenvalue weighted by molar-refractivity contribution is -0.207. The number of carbonyl (C=O) groups is 1. The summed E-state index contributed by atoms with van der Waals surface area (Å²) in [6.45, 7) is -0.664. The maximum atomic E-state index is 13.9. The van der Waals surface area contributed by atoms with Gasteiger partial charge >= 0.3 is 0 Å². The van der Waals surface area contributed by atoms with E-state index in [0.29, 0.717) is 36.1 Å². The normalized spacial score (nSPS) is 29.0. The number of hydrogen-bond acceptors (Lipinski definition) is 10. The lowest BCUT2D eigenvalue weighted by Gasteiger charge is -2.42. The number of nitrogens with one attached hydrogen (secondary N) is 1. The molecule has 4 aromatic rings. The van der Waals surface area contributed by atoms with E-state index in [2.05, 4.69) is 25.9 Å². The number of amides is 1. The fraction of sp³-hybridized carbons (Fsp3) is 0.414. The fourth-order valence-electron chi connectivity index (χ4n) is 6.02. The van der Waals surface area contributed by atoms with Crippen molar-refractivity contribution in [2.45, 2.75) is 67.9 Å². The van der Waals surface area contributed by atoms with Crippen LogP contribution in [0.25, 0.3) is 22.5 Å². The monoisotopic (exact) mass is 611 g/mol. The van der Waals surface area contributed by atoms with Gasteiger partial charge in [0.05, 0.1) is 42.9 Å². The lowest BCUT2D eigenvalue weighted by Crippen LogP contribution is -2.62. The third-order valence-corrected chi connectivity index (χ3v) is 8.25. The van der Waals surface area contributed by atoms with Crippen molar-refractivity contribution in [3.8, 4) is 22.5 Å². The zero-order chi connectivity index (χ0) is 31.0.